The molecule has 0 spiro atoms. The Balaban J connectivity index is 2.62. The van der Waals surface area contributed by atoms with Crippen LogP contribution in [0.1, 0.15) is 60.3 Å². The topological polar surface area (TPSA) is 12.0 Å². The Morgan fingerprint density at radius 2 is 1.93 bits per heavy atom. The molecule has 0 saturated heterocycles. The average Bonchev–Trinajstić information content (AvgIpc) is 2.51. The Bertz CT molecular complexity index is 180. The van der Waals surface area contributed by atoms with Crippen molar-refractivity contribution in [3.63, 3.8) is 0 Å². The highest BCUT2D eigenvalue weighted by Gasteiger charge is 2.36. The summed E-state index contributed by atoms with van der Waals surface area (Å²) >= 11 is 0. The Hall–Kier alpha value is -0.0400. The molecule has 1 saturated carbocycles. The van der Waals surface area contributed by atoms with Gasteiger partial charge in [-0.2, -0.15) is 0 Å². The van der Waals surface area contributed by atoms with Crippen molar-refractivity contribution in [2.45, 2.75) is 66.3 Å². The minimum Gasteiger partial charge on any atom is -0.313 e. The predicted octanol–water partition coefficient (Wildman–Crippen LogP) is 3.84. The number of rotatable bonds is 4. The fourth-order valence-electron chi connectivity index (χ4n) is 3.07. The lowest BCUT2D eigenvalue weighted by atomic mass is 9.75. The van der Waals surface area contributed by atoms with Crippen LogP contribution < -0.4 is 5.32 Å². The first-order valence-electron chi connectivity index (χ1n) is 6.70. The van der Waals surface area contributed by atoms with Crippen molar-refractivity contribution in [3.8, 4) is 0 Å². The molecule has 1 aliphatic carbocycles. The van der Waals surface area contributed by atoms with Crippen molar-refractivity contribution >= 4 is 0 Å². The van der Waals surface area contributed by atoms with Crippen molar-refractivity contribution in [1.82, 2.24) is 5.32 Å². The van der Waals surface area contributed by atoms with Crippen molar-refractivity contribution in [2.75, 3.05) is 6.54 Å². The van der Waals surface area contributed by atoms with Crippen LogP contribution >= 0.6 is 0 Å². The highest BCUT2D eigenvalue weighted by molar-refractivity contribution is 4.91. The minimum atomic E-state index is 0.401. The van der Waals surface area contributed by atoms with Gasteiger partial charge in [0.15, 0.2) is 0 Å². The third-order valence-corrected chi connectivity index (χ3v) is 3.90. The van der Waals surface area contributed by atoms with Gasteiger partial charge in [-0.1, -0.05) is 47.5 Å². The molecule has 0 aromatic carbocycles. The van der Waals surface area contributed by atoms with Crippen LogP contribution in [-0.2, 0) is 0 Å². The van der Waals surface area contributed by atoms with E-state index in [9.17, 15) is 0 Å². The largest absolute Gasteiger partial charge is 0.313 e. The van der Waals surface area contributed by atoms with Crippen molar-refractivity contribution in [3.05, 3.63) is 0 Å². The van der Waals surface area contributed by atoms with Crippen LogP contribution in [0.5, 0.6) is 0 Å². The molecule has 0 heterocycles. The summed E-state index contributed by atoms with van der Waals surface area (Å²) in [7, 11) is 0. The minimum absolute atomic E-state index is 0.401. The molecule has 1 nitrogen and oxygen atoms in total. The third kappa shape index (κ3) is 3.48. The molecule has 0 bridgehead atoms. The molecule has 3 atom stereocenters. The molecule has 1 rings (SSSR count). The fraction of sp³-hybridized carbons (Fsp3) is 1.00. The quantitative estimate of drug-likeness (QED) is 0.745. The molecule has 0 aromatic heterocycles. The van der Waals surface area contributed by atoms with E-state index in [-0.39, 0.29) is 0 Å². The second-order valence-corrected chi connectivity index (χ2v) is 6.37. The van der Waals surface area contributed by atoms with Crippen LogP contribution in [0.25, 0.3) is 0 Å². The van der Waals surface area contributed by atoms with Gasteiger partial charge in [0.25, 0.3) is 0 Å². The number of nitrogens with one attached hydrogen (secondary N) is 1. The van der Waals surface area contributed by atoms with E-state index in [2.05, 4.69) is 39.9 Å². The summed E-state index contributed by atoms with van der Waals surface area (Å²) in [5.74, 6) is 1.81. The Kier molecular flexibility index (Phi) is 4.64. The predicted molar refractivity (Wildman–Crippen MR) is 68.0 cm³/mol. The fourth-order valence-corrected chi connectivity index (χ4v) is 3.07. The lowest BCUT2D eigenvalue weighted by Gasteiger charge is -2.38. The SMILES string of the molecule is CCCNC(C1CCCC1C)C(C)(C)C. The molecule has 0 radical (unpaired) electrons. The summed E-state index contributed by atoms with van der Waals surface area (Å²) in [6.07, 6.45) is 5.55. The van der Waals surface area contributed by atoms with Crippen LogP contribution in [0.2, 0.25) is 0 Å². The zero-order valence-electron chi connectivity index (χ0n) is 11.3. The summed E-state index contributed by atoms with van der Waals surface area (Å²) in [6, 6.07) is 0.704. The monoisotopic (exact) mass is 211 g/mol. The summed E-state index contributed by atoms with van der Waals surface area (Å²) in [5.41, 5.74) is 0.401. The summed E-state index contributed by atoms with van der Waals surface area (Å²) < 4.78 is 0. The van der Waals surface area contributed by atoms with Crippen molar-refractivity contribution in [1.29, 1.82) is 0 Å². The van der Waals surface area contributed by atoms with Crippen LogP contribution in [0, 0.1) is 17.3 Å². The third-order valence-electron chi connectivity index (χ3n) is 3.90. The van der Waals surface area contributed by atoms with Crippen LogP contribution in [0.3, 0.4) is 0 Å². The molecular weight excluding hydrogens is 182 g/mol. The van der Waals surface area contributed by atoms with Gasteiger partial charge < -0.3 is 5.32 Å². The van der Waals surface area contributed by atoms with Crippen LogP contribution in [0.4, 0.5) is 0 Å². The summed E-state index contributed by atoms with van der Waals surface area (Å²) in [4.78, 5) is 0. The van der Waals surface area contributed by atoms with E-state index in [0.717, 1.165) is 11.8 Å². The summed E-state index contributed by atoms with van der Waals surface area (Å²) in [5, 5.41) is 3.78. The first-order valence-corrected chi connectivity index (χ1v) is 6.70. The average molecular weight is 211 g/mol. The van der Waals surface area contributed by atoms with E-state index in [4.69, 9.17) is 0 Å². The molecule has 0 aliphatic heterocycles. The van der Waals surface area contributed by atoms with E-state index < -0.39 is 0 Å². The van der Waals surface area contributed by atoms with Gasteiger partial charge in [-0.25, -0.2) is 0 Å². The molecule has 90 valence electrons. The number of hydrogen-bond donors (Lipinski definition) is 1. The van der Waals surface area contributed by atoms with Gasteiger partial charge in [0.05, 0.1) is 0 Å². The van der Waals surface area contributed by atoms with E-state index in [1.807, 2.05) is 0 Å². The molecule has 1 aliphatic rings. The lowest BCUT2D eigenvalue weighted by molar-refractivity contribution is 0.167. The van der Waals surface area contributed by atoms with Gasteiger partial charge in [0.2, 0.25) is 0 Å². The standard InChI is InChI=1S/C14H29N/c1-6-10-15-13(14(3,4)5)12-9-7-8-11(12)2/h11-13,15H,6-10H2,1-5H3. The first kappa shape index (κ1) is 13.0. The van der Waals surface area contributed by atoms with Crippen molar-refractivity contribution < 1.29 is 0 Å². The lowest BCUT2D eigenvalue weighted by Crippen LogP contribution is -2.47. The molecule has 0 aromatic rings. The van der Waals surface area contributed by atoms with Gasteiger partial charge in [-0.15, -0.1) is 0 Å². The highest BCUT2D eigenvalue weighted by atomic mass is 14.9. The second-order valence-electron chi connectivity index (χ2n) is 6.37. The zero-order chi connectivity index (χ0) is 11.5. The second kappa shape index (κ2) is 5.34. The van der Waals surface area contributed by atoms with E-state index in [1.54, 1.807) is 0 Å². The molecule has 3 unspecified atom stereocenters. The van der Waals surface area contributed by atoms with E-state index in [0.29, 0.717) is 11.5 Å². The van der Waals surface area contributed by atoms with Crippen LogP contribution in [-0.4, -0.2) is 12.6 Å². The highest BCUT2D eigenvalue weighted by Crippen LogP contribution is 2.39. The maximum atomic E-state index is 3.78. The Morgan fingerprint density at radius 1 is 1.27 bits per heavy atom. The van der Waals surface area contributed by atoms with Gasteiger partial charge >= 0.3 is 0 Å². The number of hydrogen-bond acceptors (Lipinski definition) is 1. The normalized spacial score (nSPS) is 29.4. The van der Waals surface area contributed by atoms with Gasteiger partial charge in [-0.3, -0.25) is 0 Å². The molecule has 1 heteroatoms. The van der Waals surface area contributed by atoms with E-state index >= 15 is 0 Å². The summed E-state index contributed by atoms with van der Waals surface area (Å²) in [6.45, 7) is 13.0. The van der Waals surface area contributed by atoms with E-state index in [1.165, 1.54) is 32.2 Å². The maximum absolute atomic E-state index is 3.78. The molecule has 0 amide bonds. The molecular formula is C14H29N. The van der Waals surface area contributed by atoms with Gasteiger partial charge in [0.1, 0.15) is 0 Å². The Morgan fingerprint density at radius 3 is 2.33 bits per heavy atom. The van der Waals surface area contributed by atoms with Gasteiger partial charge in [-0.05, 0) is 36.6 Å². The molecule has 15 heavy (non-hydrogen) atoms. The smallest absolute Gasteiger partial charge is 0.0146 e. The first-order chi connectivity index (χ1) is 6.96. The molecule has 1 fully saturated rings. The molecule has 1 N–H and O–H groups in total. The van der Waals surface area contributed by atoms with Crippen molar-refractivity contribution in [2.24, 2.45) is 17.3 Å². The van der Waals surface area contributed by atoms with Gasteiger partial charge in [0, 0.05) is 6.04 Å². The van der Waals surface area contributed by atoms with Crippen LogP contribution in [0.15, 0.2) is 0 Å². The zero-order valence-corrected chi connectivity index (χ0v) is 11.3. The maximum Gasteiger partial charge on any atom is 0.0146 e. The Labute approximate surface area is 96.0 Å².